The summed E-state index contributed by atoms with van der Waals surface area (Å²) in [7, 11) is 8.59. The molecule has 0 radical (unpaired) electrons. The summed E-state index contributed by atoms with van der Waals surface area (Å²) in [6.45, 7) is 0. The Hall–Kier alpha value is -3.59. The zero-order chi connectivity index (χ0) is 22.1. The van der Waals surface area contributed by atoms with Crippen LogP contribution in [-0.4, -0.2) is 50.0 Å². The van der Waals surface area contributed by atoms with Crippen LogP contribution in [0.5, 0.6) is 17.2 Å². The molecule has 160 valence electrons. The maximum absolute atomic E-state index is 13.2. The molecule has 0 fully saturated rings. The summed E-state index contributed by atoms with van der Waals surface area (Å²) in [5.41, 5.74) is 2.49. The van der Waals surface area contributed by atoms with Gasteiger partial charge in [-0.15, -0.1) is 10.2 Å². The highest BCUT2D eigenvalue weighted by atomic mass is 32.1. The number of benzene rings is 2. The third-order valence-electron chi connectivity index (χ3n) is 4.88. The Kier molecular flexibility index (Phi) is 5.51. The molecule has 0 saturated carbocycles. The summed E-state index contributed by atoms with van der Waals surface area (Å²) in [6.07, 6.45) is 1.86. The average Bonchev–Trinajstić information content (AvgIpc) is 3.33. The predicted octanol–water partition coefficient (Wildman–Crippen LogP) is 2.46. The molecule has 2 heterocycles. The van der Waals surface area contributed by atoms with Gasteiger partial charge in [0.1, 0.15) is 0 Å². The van der Waals surface area contributed by atoms with Gasteiger partial charge in [-0.3, -0.25) is 4.79 Å². The van der Waals surface area contributed by atoms with E-state index in [0.29, 0.717) is 38.1 Å². The van der Waals surface area contributed by atoms with E-state index >= 15 is 0 Å². The molecule has 0 aliphatic carbocycles. The molecule has 0 N–H and O–H groups in total. The van der Waals surface area contributed by atoms with E-state index in [0.717, 1.165) is 11.3 Å². The van der Waals surface area contributed by atoms with Crippen LogP contribution in [-0.2, 0) is 0 Å². The normalized spacial score (nSPS) is 11.7. The van der Waals surface area contributed by atoms with E-state index in [2.05, 4.69) is 10.2 Å². The smallest absolute Gasteiger partial charge is 0.276 e. The van der Waals surface area contributed by atoms with Crippen LogP contribution in [0.1, 0.15) is 5.56 Å². The number of thiazole rings is 1. The molecule has 0 spiro atoms. The van der Waals surface area contributed by atoms with Gasteiger partial charge in [0.2, 0.25) is 10.7 Å². The SMILES string of the molecule is COc1cc(-c2nnc3sc(=Cc4ccc(N(C)C)cc4)c(=O)n23)cc(OC)c1OC. The molecule has 31 heavy (non-hydrogen) atoms. The third-order valence-corrected chi connectivity index (χ3v) is 5.84. The van der Waals surface area contributed by atoms with E-state index in [9.17, 15) is 4.79 Å². The van der Waals surface area contributed by atoms with Crippen molar-refractivity contribution in [1.82, 2.24) is 14.6 Å². The van der Waals surface area contributed by atoms with Crippen LogP contribution in [0.4, 0.5) is 5.69 Å². The Morgan fingerprint density at radius 1 is 0.968 bits per heavy atom. The Balaban J connectivity index is 1.84. The molecule has 0 unspecified atom stereocenters. The minimum Gasteiger partial charge on any atom is -0.493 e. The maximum atomic E-state index is 13.2. The Morgan fingerprint density at radius 2 is 1.61 bits per heavy atom. The van der Waals surface area contributed by atoms with E-state index < -0.39 is 0 Å². The fourth-order valence-electron chi connectivity index (χ4n) is 3.28. The molecule has 0 aliphatic heterocycles. The molecule has 2 aromatic heterocycles. The second kappa shape index (κ2) is 8.27. The van der Waals surface area contributed by atoms with Crippen molar-refractivity contribution >= 4 is 28.1 Å². The number of hydrogen-bond acceptors (Lipinski definition) is 8. The van der Waals surface area contributed by atoms with Gasteiger partial charge in [0.25, 0.3) is 5.56 Å². The van der Waals surface area contributed by atoms with Gasteiger partial charge in [0.15, 0.2) is 17.3 Å². The summed E-state index contributed by atoms with van der Waals surface area (Å²) >= 11 is 1.30. The largest absolute Gasteiger partial charge is 0.493 e. The van der Waals surface area contributed by atoms with Crippen molar-refractivity contribution in [3.05, 3.63) is 56.8 Å². The number of fused-ring (bicyclic) bond motifs is 1. The molecule has 0 atom stereocenters. The van der Waals surface area contributed by atoms with Gasteiger partial charge < -0.3 is 19.1 Å². The van der Waals surface area contributed by atoms with E-state index in [1.807, 2.05) is 49.3 Å². The number of methoxy groups -OCH3 is 3. The fraction of sp³-hybridized carbons (Fsp3) is 0.227. The number of aromatic nitrogens is 3. The summed E-state index contributed by atoms with van der Waals surface area (Å²) in [5, 5.41) is 8.42. The van der Waals surface area contributed by atoms with Gasteiger partial charge in [-0.2, -0.15) is 0 Å². The van der Waals surface area contributed by atoms with Crippen LogP contribution in [0.2, 0.25) is 0 Å². The highest BCUT2D eigenvalue weighted by Crippen LogP contribution is 2.40. The fourth-order valence-corrected chi connectivity index (χ4v) is 4.19. The molecule has 2 aromatic carbocycles. The van der Waals surface area contributed by atoms with Gasteiger partial charge in [-0.25, -0.2) is 4.40 Å². The van der Waals surface area contributed by atoms with Crippen LogP contribution in [0.15, 0.2) is 41.2 Å². The zero-order valence-electron chi connectivity index (χ0n) is 17.9. The monoisotopic (exact) mass is 438 g/mol. The van der Waals surface area contributed by atoms with Crippen molar-refractivity contribution in [3.8, 4) is 28.6 Å². The average molecular weight is 439 g/mol. The van der Waals surface area contributed by atoms with Crippen LogP contribution in [0.3, 0.4) is 0 Å². The number of nitrogens with zero attached hydrogens (tertiary/aromatic N) is 4. The lowest BCUT2D eigenvalue weighted by molar-refractivity contribution is 0.324. The first-order valence-corrected chi connectivity index (χ1v) is 10.3. The van der Waals surface area contributed by atoms with Crippen molar-refractivity contribution < 1.29 is 14.2 Å². The quantitative estimate of drug-likeness (QED) is 0.458. The predicted molar refractivity (Wildman–Crippen MR) is 122 cm³/mol. The first kappa shape index (κ1) is 20.7. The van der Waals surface area contributed by atoms with Crippen molar-refractivity contribution in [2.24, 2.45) is 0 Å². The van der Waals surface area contributed by atoms with E-state index in [4.69, 9.17) is 14.2 Å². The highest BCUT2D eigenvalue weighted by molar-refractivity contribution is 7.15. The molecule has 8 nitrogen and oxygen atoms in total. The van der Waals surface area contributed by atoms with E-state index in [1.165, 1.54) is 22.8 Å². The van der Waals surface area contributed by atoms with Gasteiger partial charge in [0.05, 0.1) is 25.9 Å². The summed E-state index contributed by atoms with van der Waals surface area (Å²) in [6, 6.07) is 11.5. The second-order valence-electron chi connectivity index (χ2n) is 6.96. The number of anilines is 1. The minimum atomic E-state index is -0.176. The standard InChI is InChI=1S/C22H22N4O4S/c1-25(2)15-8-6-13(7-9-15)10-18-21(27)26-20(23-24-22(26)31-18)14-11-16(28-3)19(30-5)17(12-14)29-4/h6-12H,1-5H3. The van der Waals surface area contributed by atoms with Crippen molar-refractivity contribution in [3.63, 3.8) is 0 Å². The van der Waals surface area contributed by atoms with Crippen molar-refractivity contribution in [2.75, 3.05) is 40.3 Å². The zero-order valence-corrected chi connectivity index (χ0v) is 18.7. The maximum Gasteiger partial charge on any atom is 0.276 e. The number of rotatable bonds is 6. The van der Waals surface area contributed by atoms with E-state index in [-0.39, 0.29) is 5.56 Å². The first-order valence-electron chi connectivity index (χ1n) is 9.44. The molecule has 0 saturated heterocycles. The summed E-state index contributed by atoms with van der Waals surface area (Å²) in [4.78, 5) is 15.7. The van der Waals surface area contributed by atoms with Gasteiger partial charge in [-0.1, -0.05) is 23.5 Å². The third kappa shape index (κ3) is 3.68. The van der Waals surface area contributed by atoms with Gasteiger partial charge in [0, 0.05) is 25.3 Å². The summed E-state index contributed by atoms with van der Waals surface area (Å²) in [5.74, 6) is 1.84. The lowest BCUT2D eigenvalue weighted by atomic mass is 10.1. The topological polar surface area (TPSA) is 78.2 Å². The Bertz CT molecular complexity index is 1320. The highest BCUT2D eigenvalue weighted by Gasteiger charge is 2.19. The van der Waals surface area contributed by atoms with Gasteiger partial charge in [-0.05, 0) is 35.9 Å². The molecule has 0 aliphatic rings. The Morgan fingerprint density at radius 3 is 2.16 bits per heavy atom. The molecular weight excluding hydrogens is 416 g/mol. The lowest BCUT2D eigenvalue weighted by Gasteiger charge is -2.13. The van der Waals surface area contributed by atoms with Crippen LogP contribution in [0.25, 0.3) is 22.4 Å². The molecule has 4 aromatic rings. The van der Waals surface area contributed by atoms with Crippen molar-refractivity contribution in [2.45, 2.75) is 0 Å². The molecule has 0 amide bonds. The molecule has 0 bridgehead atoms. The molecular formula is C22H22N4O4S. The van der Waals surface area contributed by atoms with E-state index in [1.54, 1.807) is 26.4 Å². The number of ether oxygens (including phenoxy) is 3. The Labute approximate surface area is 182 Å². The molecule has 4 rings (SSSR count). The lowest BCUT2D eigenvalue weighted by Crippen LogP contribution is -2.23. The summed E-state index contributed by atoms with van der Waals surface area (Å²) < 4.78 is 18.3. The number of hydrogen-bond donors (Lipinski definition) is 0. The van der Waals surface area contributed by atoms with Crippen LogP contribution >= 0.6 is 11.3 Å². The second-order valence-corrected chi connectivity index (χ2v) is 7.97. The van der Waals surface area contributed by atoms with Gasteiger partial charge >= 0.3 is 0 Å². The minimum absolute atomic E-state index is 0.176. The van der Waals surface area contributed by atoms with Crippen LogP contribution in [0, 0.1) is 0 Å². The first-order chi connectivity index (χ1) is 15.0. The molecule has 9 heteroatoms. The van der Waals surface area contributed by atoms with Crippen LogP contribution < -0.4 is 29.2 Å². The van der Waals surface area contributed by atoms with Crippen molar-refractivity contribution in [1.29, 1.82) is 0 Å².